The van der Waals surface area contributed by atoms with Gasteiger partial charge in [0.15, 0.2) is 5.43 Å². The lowest BCUT2D eigenvalue weighted by Crippen LogP contribution is -2.27. The fourth-order valence-electron chi connectivity index (χ4n) is 4.84. The van der Waals surface area contributed by atoms with Gasteiger partial charge in [-0.2, -0.15) is 0 Å². The second-order valence-electron chi connectivity index (χ2n) is 9.03. The molecule has 0 fully saturated rings. The predicted molar refractivity (Wildman–Crippen MR) is 154 cm³/mol. The van der Waals surface area contributed by atoms with E-state index in [1.807, 2.05) is 61.5 Å². The molecule has 0 radical (unpaired) electrons. The fourth-order valence-corrected chi connectivity index (χ4v) is 5.24. The van der Waals surface area contributed by atoms with E-state index in [2.05, 4.69) is 25.3 Å². The summed E-state index contributed by atoms with van der Waals surface area (Å²) in [4.78, 5) is 42.7. The summed E-state index contributed by atoms with van der Waals surface area (Å²) in [6.45, 7) is 1.87. The van der Waals surface area contributed by atoms with Crippen LogP contribution >= 0.6 is 11.6 Å². The molecule has 4 N–H and O–H groups in total. The van der Waals surface area contributed by atoms with E-state index in [-0.39, 0.29) is 11.0 Å². The molecule has 10 heteroatoms. The van der Waals surface area contributed by atoms with E-state index in [1.54, 1.807) is 16.8 Å². The Morgan fingerprint density at radius 1 is 0.949 bits per heavy atom. The van der Waals surface area contributed by atoms with Crippen LogP contribution < -0.4 is 22.0 Å². The van der Waals surface area contributed by atoms with Crippen LogP contribution in [0.3, 0.4) is 0 Å². The van der Waals surface area contributed by atoms with Crippen LogP contribution in [0.25, 0.3) is 38.6 Å². The molecule has 0 aliphatic carbocycles. The van der Waals surface area contributed by atoms with Gasteiger partial charge in [0.1, 0.15) is 29.0 Å². The first-order chi connectivity index (χ1) is 18.9. The Morgan fingerprint density at radius 3 is 2.54 bits per heavy atom. The molecule has 4 aromatic heterocycles. The maximum Gasteiger partial charge on any atom is 0.263 e. The van der Waals surface area contributed by atoms with E-state index >= 15 is 0 Å². The highest BCUT2D eigenvalue weighted by Gasteiger charge is 2.24. The molecule has 2 aromatic carbocycles. The second kappa shape index (κ2) is 9.70. The normalized spacial score (nSPS) is 12.1. The Balaban J connectivity index is 1.62. The second-order valence-corrected chi connectivity index (χ2v) is 9.41. The number of halogens is 1. The molecule has 0 unspecified atom stereocenters. The number of nitrogen functional groups attached to an aromatic ring is 1. The molecule has 0 aliphatic heterocycles. The van der Waals surface area contributed by atoms with Crippen LogP contribution in [0.15, 0.2) is 95.0 Å². The van der Waals surface area contributed by atoms with Crippen molar-refractivity contribution in [2.75, 3.05) is 11.1 Å². The molecule has 0 saturated heterocycles. The van der Waals surface area contributed by atoms with E-state index in [0.717, 1.165) is 5.56 Å². The smallest absolute Gasteiger partial charge is 0.263 e. The van der Waals surface area contributed by atoms with Crippen molar-refractivity contribution >= 4 is 45.0 Å². The van der Waals surface area contributed by atoms with Crippen molar-refractivity contribution in [1.82, 2.24) is 24.5 Å². The first-order valence-corrected chi connectivity index (χ1v) is 12.5. The van der Waals surface area contributed by atoms with Gasteiger partial charge in [-0.15, -0.1) is 0 Å². The summed E-state index contributed by atoms with van der Waals surface area (Å²) in [6, 6.07) is 19.2. The number of rotatable bonds is 5. The zero-order valence-corrected chi connectivity index (χ0v) is 21.5. The summed E-state index contributed by atoms with van der Waals surface area (Å²) in [7, 11) is 0. The average molecular weight is 536 g/mol. The minimum absolute atomic E-state index is 0.231. The Hall–Kier alpha value is -5.02. The van der Waals surface area contributed by atoms with E-state index in [9.17, 15) is 9.59 Å². The molecule has 1 atom stereocenters. The summed E-state index contributed by atoms with van der Waals surface area (Å²) >= 11 is 7.13. The van der Waals surface area contributed by atoms with Gasteiger partial charge in [-0.1, -0.05) is 48.0 Å². The maximum atomic E-state index is 14.3. The van der Waals surface area contributed by atoms with Gasteiger partial charge in [0.25, 0.3) is 5.56 Å². The number of H-pyrrole nitrogens is 1. The lowest BCUT2D eigenvalue weighted by molar-refractivity contribution is 0.774. The number of aromatic amines is 1. The van der Waals surface area contributed by atoms with Crippen molar-refractivity contribution in [2.45, 2.75) is 13.0 Å². The van der Waals surface area contributed by atoms with Crippen LogP contribution in [0.1, 0.15) is 18.7 Å². The quantitative estimate of drug-likeness (QED) is 0.280. The molecule has 0 spiro atoms. The first kappa shape index (κ1) is 24.3. The number of benzene rings is 2. The number of nitrogens with two attached hydrogens (primary N) is 1. The topological polar surface area (TPSA) is 132 Å². The average Bonchev–Trinajstić information content (AvgIpc) is 2.95. The Bertz CT molecular complexity index is 1960. The predicted octanol–water partition coefficient (Wildman–Crippen LogP) is 5.09. The van der Waals surface area contributed by atoms with E-state index in [1.165, 1.54) is 18.6 Å². The molecule has 4 heterocycles. The lowest BCUT2D eigenvalue weighted by atomic mass is 9.98. The van der Waals surface area contributed by atoms with Crippen molar-refractivity contribution in [2.24, 2.45) is 0 Å². The van der Waals surface area contributed by atoms with E-state index in [4.69, 9.17) is 17.3 Å². The zero-order valence-electron chi connectivity index (χ0n) is 20.7. The van der Waals surface area contributed by atoms with Crippen molar-refractivity contribution in [3.63, 3.8) is 0 Å². The highest BCUT2D eigenvalue weighted by atomic mass is 35.5. The van der Waals surface area contributed by atoms with Gasteiger partial charge in [0.05, 0.1) is 22.1 Å². The Labute approximate surface area is 227 Å². The number of aromatic nitrogens is 5. The molecule has 0 amide bonds. The molecule has 6 rings (SSSR count). The number of anilines is 2. The standard InChI is InChI=1S/C29H22ClN7O2/c1-16(36-28-24-21(38)12-13-32-27(24)34-15-35-28)26-25(30)20-9-5-8-19(17-10-11-22(31)33-14-17)23(20)29(39)37(26)18-6-3-2-4-7-18/h2-16H,1H3,(H2,31,33)(H2,32,34,35,36,38)/t16-/m0/s1. The van der Waals surface area contributed by atoms with Crippen LogP contribution in [-0.2, 0) is 0 Å². The zero-order chi connectivity index (χ0) is 27.1. The molecule has 0 aliphatic rings. The van der Waals surface area contributed by atoms with Crippen LogP contribution in [0, 0.1) is 0 Å². The molecule has 0 saturated carbocycles. The third kappa shape index (κ3) is 4.18. The summed E-state index contributed by atoms with van der Waals surface area (Å²) in [5, 5.41) is 5.06. The SMILES string of the molecule is C[C@H](Nc1ncnc2[nH]ccc(=O)c12)c1c(Cl)c2cccc(-c3ccc(N)nc3)c2c(=O)n1-c1ccccc1. The highest BCUT2D eigenvalue weighted by molar-refractivity contribution is 6.36. The third-order valence-corrected chi connectivity index (χ3v) is 7.00. The van der Waals surface area contributed by atoms with Crippen LogP contribution in [-0.4, -0.2) is 24.5 Å². The van der Waals surface area contributed by atoms with Crippen molar-refractivity contribution in [1.29, 1.82) is 0 Å². The number of nitrogens with zero attached hydrogens (tertiary/aromatic N) is 4. The fraction of sp³-hybridized carbons (Fsp3) is 0.0690. The van der Waals surface area contributed by atoms with E-state index in [0.29, 0.717) is 55.4 Å². The summed E-state index contributed by atoms with van der Waals surface area (Å²) in [5.41, 5.74) is 8.32. The van der Waals surface area contributed by atoms with Crippen molar-refractivity contribution < 1.29 is 0 Å². The van der Waals surface area contributed by atoms with Crippen LogP contribution in [0.4, 0.5) is 11.6 Å². The third-order valence-electron chi connectivity index (χ3n) is 6.61. The summed E-state index contributed by atoms with van der Waals surface area (Å²) < 4.78 is 1.60. The van der Waals surface area contributed by atoms with Gasteiger partial charge in [-0.25, -0.2) is 15.0 Å². The molecule has 9 nitrogen and oxygen atoms in total. The minimum Gasteiger partial charge on any atom is -0.384 e. The minimum atomic E-state index is -0.533. The van der Waals surface area contributed by atoms with Gasteiger partial charge in [-0.3, -0.25) is 14.2 Å². The highest BCUT2D eigenvalue weighted by Crippen LogP contribution is 2.36. The largest absolute Gasteiger partial charge is 0.384 e. The monoisotopic (exact) mass is 535 g/mol. The van der Waals surface area contributed by atoms with Crippen LogP contribution in [0.2, 0.25) is 5.02 Å². The summed E-state index contributed by atoms with van der Waals surface area (Å²) in [5.74, 6) is 0.719. The van der Waals surface area contributed by atoms with Gasteiger partial charge in [0, 0.05) is 35.1 Å². The number of hydrogen-bond acceptors (Lipinski definition) is 7. The summed E-state index contributed by atoms with van der Waals surface area (Å²) in [6.07, 6.45) is 4.54. The number of hydrogen-bond donors (Lipinski definition) is 3. The molecule has 0 bridgehead atoms. The Kier molecular flexibility index (Phi) is 6.05. The molecule has 192 valence electrons. The van der Waals surface area contributed by atoms with Gasteiger partial charge < -0.3 is 16.0 Å². The van der Waals surface area contributed by atoms with Crippen molar-refractivity contribution in [3.05, 3.63) is 117 Å². The lowest BCUT2D eigenvalue weighted by Gasteiger charge is -2.24. The number of nitrogens with one attached hydrogen (secondary N) is 2. The van der Waals surface area contributed by atoms with Gasteiger partial charge in [-0.05, 0) is 36.8 Å². The maximum absolute atomic E-state index is 14.3. The number of pyridine rings is 3. The molecule has 6 aromatic rings. The molecular formula is C29H22ClN7O2. The molecule has 39 heavy (non-hydrogen) atoms. The van der Waals surface area contributed by atoms with Crippen LogP contribution in [0.5, 0.6) is 0 Å². The van der Waals surface area contributed by atoms with Gasteiger partial charge >= 0.3 is 0 Å². The molecular weight excluding hydrogens is 514 g/mol. The van der Waals surface area contributed by atoms with E-state index < -0.39 is 6.04 Å². The Morgan fingerprint density at radius 2 is 1.77 bits per heavy atom. The first-order valence-electron chi connectivity index (χ1n) is 12.2. The van der Waals surface area contributed by atoms with Gasteiger partial charge in [0.2, 0.25) is 0 Å². The number of fused-ring (bicyclic) bond motifs is 2. The van der Waals surface area contributed by atoms with Crippen molar-refractivity contribution in [3.8, 4) is 16.8 Å². The number of para-hydroxylation sites is 1.